The zero-order chi connectivity index (χ0) is 19.4. The van der Waals surface area contributed by atoms with Crippen LogP contribution < -0.4 is 10.6 Å². The van der Waals surface area contributed by atoms with Crippen LogP contribution in [0.1, 0.15) is 30.1 Å². The molecule has 1 aromatic rings. The molecule has 2 saturated heterocycles. The van der Waals surface area contributed by atoms with E-state index in [0.717, 1.165) is 19.4 Å². The molecule has 0 saturated carbocycles. The van der Waals surface area contributed by atoms with Gasteiger partial charge in [-0.3, -0.25) is 14.4 Å². The molecule has 8 heteroatoms. The van der Waals surface area contributed by atoms with Crippen LogP contribution in [0, 0.1) is 0 Å². The molecular weight excluding hydrogens is 368 g/mol. The van der Waals surface area contributed by atoms with Crippen molar-refractivity contribution < 1.29 is 14.4 Å². The highest BCUT2D eigenvalue weighted by molar-refractivity contribution is 6.30. The summed E-state index contributed by atoms with van der Waals surface area (Å²) in [5.41, 5.74) is 0.460. The Labute approximate surface area is 164 Å². The number of halogens is 1. The first-order valence-corrected chi connectivity index (χ1v) is 9.69. The quantitative estimate of drug-likeness (QED) is 0.797. The van der Waals surface area contributed by atoms with E-state index >= 15 is 0 Å². The number of piperazine rings is 1. The lowest BCUT2D eigenvalue weighted by Gasteiger charge is -2.41. The van der Waals surface area contributed by atoms with Gasteiger partial charge in [0.15, 0.2) is 0 Å². The van der Waals surface area contributed by atoms with Gasteiger partial charge in [0.25, 0.3) is 5.91 Å². The number of hydrogen-bond acceptors (Lipinski definition) is 4. The number of carbonyl (C=O) groups excluding carboxylic acids is 3. The van der Waals surface area contributed by atoms with Crippen molar-refractivity contribution in [2.45, 2.75) is 31.8 Å². The lowest BCUT2D eigenvalue weighted by molar-refractivity contribution is -0.141. The lowest BCUT2D eigenvalue weighted by Crippen LogP contribution is -2.59. The normalized spacial score (nSPS) is 21.7. The molecule has 2 aliphatic heterocycles. The van der Waals surface area contributed by atoms with Crippen molar-refractivity contribution in [3.63, 3.8) is 0 Å². The van der Waals surface area contributed by atoms with Gasteiger partial charge < -0.3 is 20.4 Å². The maximum Gasteiger partial charge on any atom is 0.251 e. The molecule has 1 aromatic carbocycles. The summed E-state index contributed by atoms with van der Waals surface area (Å²) >= 11 is 5.84. The van der Waals surface area contributed by atoms with E-state index in [1.807, 2.05) is 4.90 Å². The molecule has 2 aliphatic rings. The van der Waals surface area contributed by atoms with Crippen molar-refractivity contribution in [1.29, 1.82) is 0 Å². The van der Waals surface area contributed by atoms with E-state index in [0.29, 0.717) is 36.8 Å². The first-order valence-electron chi connectivity index (χ1n) is 9.31. The minimum absolute atomic E-state index is 0.0523. The van der Waals surface area contributed by atoms with Gasteiger partial charge in [-0.2, -0.15) is 0 Å². The largest absolute Gasteiger partial charge is 0.341 e. The fourth-order valence-electron chi connectivity index (χ4n) is 3.63. The molecule has 27 heavy (non-hydrogen) atoms. The van der Waals surface area contributed by atoms with E-state index in [9.17, 15) is 14.4 Å². The van der Waals surface area contributed by atoms with E-state index < -0.39 is 6.04 Å². The number of nitrogens with zero attached hydrogens (tertiary/aromatic N) is 2. The van der Waals surface area contributed by atoms with Crippen LogP contribution in [0.15, 0.2) is 24.3 Å². The zero-order valence-electron chi connectivity index (χ0n) is 15.4. The Hall–Kier alpha value is -2.12. The minimum Gasteiger partial charge on any atom is -0.341 e. The lowest BCUT2D eigenvalue weighted by atomic mass is 10.0. The number of hydrogen-bond donors (Lipinski definition) is 2. The van der Waals surface area contributed by atoms with Crippen LogP contribution in [0.5, 0.6) is 0 Å². The highest BCUT2D eigenvalue weighted by Crippen LogP contribution is 2.18. The predicted octanol–water partition coefficient (Wildman–Crippen LogP) is 0.881. The third-order valence-electron chi connectivity index (χ3n) is 5.10. The Morgan fingerprint density at radius 2 is 2.00 bits per heavy atom. The number of amides is 3. The Bertz CT molecular complexity index is 709. The number of nitrogens with one attached hydrogen (secondary N) is 2. The summed E-state index contributed by atoms with van der Waals surface area (Å²) in [6, 6.07) is 5.96. The maximum atomic E-state index is 12.8. The highest BCUT2D eigenvalue weighted by Gasteiger charge is 2.33. The fourth-order valence-corrected chi connectivity index (χ4v) is 3.76. The molecule has 0 bridgehead atoms. The maximum absolute atomic E-state index is 12.8. The van der Waals surface area contributed by atoms with Crippen LogP contribution in [-0.4, -0.2) is 72.3 Å². The standard InChI is InChI=1S/C19H25ClN4O3/c1-13(22-18(26)14-4-6-15(20)7-5-14)19(27)23-9-2-3-16(12-23)24-10-8-21-11-17(24)25/h4-7,13,16,21H,2-3,8-12H2,1H3,(H,22,26). The van der Waals surface area contributed by atoms with Crippen molar-refractivity contribution in [3.8, 4) is 0 Å². The summed E-state index contributed by atoms with van der Waals surface area (Å²) in [5.74, 6) is -0.340. The van der Waals surface area contributed by atoms with Crippen LogP contribution in [-0.2, 0) is 9.59 Å². The molecule has 0 spiro atoms. The first-order chi connectivity index (χ1) is 13.0. The van der Waals surface area contributed by atoms with E-state index in [4.69, 9.17) is 11.6 Å². The Morgan fingerprint density at radius 3 is 2.70 bits per heavy atom. The number of rotatable bonds is 4. The van der Waals surface area contributed by atoms with E-state index in [-0.39, 0.29) is 23.8 Å². The van der Waals surface area contributed by atoms with Crippen molar-refractivity contribution in [2.75, 3.05) is 32.7 Å². The van der Waals surface area contributed by atoms with Crippen LogP contribution >= 0.6 is 11.6 Å². The summed E-state index contributed by atoms with van der Waals surface area (Å²) in [5, 5.41) is 6.37. The molecule has 0 aliphatic carbocycles. The molecule has 0 aromatic heterocycles. The second-order valence-electron chi connectivity index (χ2n) is 7.05. The molecular formula is C19H25ClN4O3. The SMILES string of the molecule is CC(NC(=O)c1ccc(Cl)cc1)C(=O)N1CCCC(N2CCNCC2=O)C1. The van der Waals surface area contributed by atoms with Crippen LogP contribution in [0.25, 0.3) is 0 Å². The topological polar surface area (TPSA) is 81.8 Å². The molecule has 2 atom stereocenters. The summed E-state index contributed by atoms with van der Waals surface area (Å²) in [7, 11) is 0. The molecule has 7 nitrogen and oxygen atoms in total. The van der Waals surface area contributed by atoms with Gasteiger partial charge in [0.05, 0.1) is 6.54 Å². The van der Waals surface area contributed by atoms with Gasteiger partial charge in [0.2, 0.25) is 11.8 Å². The van der Waals surface area contributed by atoms with Crippen molar-refractivity contribution >= 4 is 29.3 Å². The second kappa shape index (κ2) is 8.71. The molecule has 3 rings (SSSR count). The monoisotopic (exact) mass is 392 g/mol. The van der Waals surface area contributed by atoms with Gasteiger partial charge in [-0.15, -0.1) is 0 Å². The molecule has 2 fully saturated rings. The minimum atomic E-state index is -0.634. The first kappa shape index (κ1) is 19.6. The molecule has 146 valence electrons. The number of benzene rings is 1. The van der Waals surface area contributed by atoms with Gasteiger partial charge in [0.1, 0.15) is 6.04 Å². The average molecular weight is 393 g/mol. The van der Waals surface area contributed by atoms with Crippen molar-refractivity contribution in [1.82, 2.24) is 20.4 Å². The molecule has 3 amide bonds. The van der Waals surface area contributed by atoms with E-state index in [1.54, 1.807) is 36.1 Å². The Balaban J connectivity index is 1.58. The van der Waals surface area contributed by atoms with Crippen molar-refractivity contribution in [3.05, 3.63) is 34.9 Å². The number of carbonyl (C=O) groups is 3. The van der Waals surface area contributed by atoms with Crippen LogP contribution in [0.2, 0.25) is 5.02 Å². The van der Waals surface area contributed by atoms with Gasteiger partial charge >= 0.3 is 0 Å². The van der Waals surface area contributed by atoms with Gasteiger partial charge in [-0.05, 0) is 44.0 Å². The third-order valence-corrected chi connectivity index (χ3v) is 5.35. The van der Waals surface area contributed by atoms with Gasteiger partial charge in [-0.1, -0.05) is 11.6 Å². The summed E-state index contributed by atoms with van der Waals surface area (Å²) in [4.78, 5) is 40.9. The zero-order valence-corrected chi connectivity index (χ0v) is 16.2. The highest BCUT2D eigenvalue weighted by atomic mass is 35.5. The fraction of sp³-hybridized carbons (Fsp3) is 0.526. The molecule has 0 radical (unpaired) electrons. The Morgan fingerprint density at radius 1 is 1.26 bits per heavy atom. The molecule has 2 heterocycles. The molecule has 2 unspecified atom stereocenters. The van der Waals surface area contributed by atoms with Crippen LogP contribution in [0.4, 0.5) is 0 Å². The van der Waals surface area contributed by atoms with E-state index in [1.165, 1.54) is 0 Å². The summed E-state index contributed by atoms with van der Waals surface area (Å²) in [6.07, 6.45) is 1.76. The summed E-state index contributed by atoms with van der Waals surface area (Å²) < 4.78 is 0. The predicted molar refractivity (Wildman–Crippen MR) is 103 cm³/mol. The van der Waals surface area contributed by atoms with Crippen LogP contribution in [0.3, 0.4) is 0 Å². The summed E-state index contributed by atoms with van der Waals surface area (Å²) in [6.45, 7) is 4.67. The third kappa shape index (κ3) is 4.78. The number of likely N-dealkylation sites (tertiary alicyclic amines) is 1. The molecule has 2 N–H and O–H groups in total. The van der Waals surface area contributed by atoms with Crippen molar-refractivity contribution in [2.24, 2.45) is 0 Å². The Kier molecular flexibility index (Phi) is 6.34. The average Bonchev–Trinajstić information content (AvgIpc) is 2.68. The smallest absolute Gasteiger partial charge is 0.251 e. The van der Waals surface area contributed by atoms with Gasteiger partial charge in [-0.25, -0.2) is 0 Å². The second-order valence-corrected chi connectivity index (χ2v) is 7.48. The van der Waals surface area contributed by atoms with E-state index in [2.05, 4.69) is 10.6 Å². The number of piperidine rings is 1. The van der Waals surface area contributed by atoms with Gasteiger partial charge in [0, 0.05) is 42.8 Å².